The fraction of sp³-hybridized carbons (Fsp3) is 0.267. The predicted octanol–water partition coefficient (Wildman–Crippen LogP) is 3.61. The Bertz CT molecular complexity index is 826. The maximum absolute atomic E-state index is 13.3. The van der Waals surface area contributed by atoms with Gasteiger partial charge in [-0.3, -0.25) is 4.98 Å². The number of halogens is 2. The second-order valence-electron chi connectivity index (χ2n) is 5.33. The van der Waals surface area contributed by atoms with Gasteiger partial charge in [-0.05, 0) is 52.4 Å². The van der Waals surface area contributed by atoms with Crippen LogP contribution in [0.3, 0.4) is 0 Å². The summed E-state index contributed by atoms with van der Waals surface area (Å²) >= 11 is 3.56. The molecule has 1 fully saturated rings. The lowest BCUT2D eigenvalue weighted by atomic mass is 10.1. The molecule has 21 heavy (non-hydrogen) atoms. The number of fused-ring (bicyclic) bond motifs is 1. The third kappa shape index (κ3) is 2.33. The maximum atomic E-state index is 13.3. The van der Waals surface area contributed by atoms with Crippen LogP contribution in [0.25, 0.3) is 22.2 Å². The first-order valence-corrected chi connectivity index (χ1v) is 7.57. The highest BCUT2D eigenvalue weighted by atomic mass is 79.9. The van der Waals surface area contributed by atoms with Gasteiger partial charge in [-0.2, -0.15) is 0 Å². The highest BCUT2D eigenvalue weighted by Crippen LogP contribution is 2.35. The van der Waals surface area contributed by atoms with E-state index in [2.05, 4.69) is 37.4 Å². The molecule has 3 aromatic rings. The third-order valence-corrected chi connectivity index (χ3v) is 4.52. The summed E-state index contributed by atoms with van der Waals surface area (Å²) in [5.41, 5.74) is 3.33. The minimum absolute atomic E-state index is 0.475. The summed E-state index contributed by atoms with van der Waals surface area (Å²) in [6.45, 7) is 0.915. The first-order chi connectivity index (χ1) is 10.2. The average Bonchev–Trinajstić information content (AvgIpc) is 3.19. The van der Waals surface area contributed by atoms with Gasteiger partial charge in [0.05, 0.1) is 9.99 Å². The largest absolute Gasteiger partial charge is 0.251 e. The minimum Gasteiger partial charge on any atom is -0.251 e. The Morgan fingerprint density at radius 2 is 2.24 bits per heavy atom. The van der Waals surface area contributed by atoms with E-state index in [1.165, 1.54) is 18.9 Å². The number of pyridine rings is 1. The molecule has 105 valence electrons. The van der Waals surface area contributed by atoms with Gasteiger partial charge in [0, 0.05) is 18.3 Å². The van der Waals surface area contributed by atoms with Crippen molar-refractivity contribution in [2.45, 2.75) is 19.4 Å². The highest BCUT2D eigenvalue weighted by molar-refractivity contribution is 9.10. The molecular weight excluding hydrogens is 335 g/mol. The lowest BCUT2D eigenvalue weighted by Crippen LogP contribution is -2.01. The molecule has 1 radical (unpaired) electrons. The summed E-state index contributed by atoms with van der Waals surface area (Å²) in [6.07, 6.45) is 6.39. The number of nitrogens with zero attached hydrogens (tertiary/aromatic N) is 4. The second kappa shape index (κ2) is 4.87. The lowest BCUT2D eigenvalue weighted by Gasteiger charge is -2.06. The molecule has 0 bridgehead atoms. The molecule has 0 N–H and O–H groups in total. The van der Waals surface area contributed by atoms with E-state index in [0.29, 0.717) is 5.56 Å². The number of hydrogen-bond donors (Lipinski definition) is 0. The fourth-order valence-corrected chi connectivity index (χ4v) is 3.07. The van der Waals surface area contributed by atoms with Gasteiger partial charge in [0.25, 0.3) is 0 Å². The van der Waals surface area contributed by atoms with Gasteiger partial charge in [-0.25, -0.2) is 9.07 Å². The summed E-state index contributed by atoms with van der Waals surface area (Å²) in [5.74, 6) is 0.258. The lowest BCUT2D eigenvalue weighted by molar-refractivity contribution is 0.559. The van der Waals surface area contributed by atoms with E-state index in [9.17, 15) is 4.39 Å². The molecule has 4 rings (SSSR count). The summed E-state index contributed by atoms with van der Waals surface area (Å²) < 4.78 is 16.0. The monoisotopic (exact) mass is 345 g/mol. The van der Waals surface area contributed by atoms with E-state index in [4.69, 9.17) is 0 Å². The minimum atomic E-state index is -0.475. The van der Waals surface area contributed by atoms with Crippen LogP contribution in [0, 0.1) is 17.9 Å². The number of hydrogen-bond acceptors (Lipinski definition) is 3. The van der Waals surface area contributed by atoms with Crippen molar-refractivity contribution in [1.82, 2.24) is 20.0 Å². The third-order valence-electron chi connectivity index (χ3n) is 3.72. The van der Waals surface area contributed by atoms with Crippen LogP contribution in [0.2, 0.25) is 0 Å². The molecule has 0 spiro atoms. The first kappa shape index (κ1) is 12.9. The molecular formula is C15H11BrFN4. The Labute approximate surface area is 129 Å². The zero-order valence-corrected chi connectivity index (χ0v) is 12.6. The second-order valence-corrected chi connectivity index (χ2v) is 6.12. The van der Waals surface area contributed by atoms with E-state index in [1.54, 1.807) is 6.20 Å². The van der Waals surface area contributed by atoms with Crippen molar-refractivity contribution in [3.05, 3.63) is 40.9 Å². The maximum Gasteiger partial charge on any atom is 0.151 e. The van der Waals surface area contributed by atoms with Crippen LogP contribution in [0.15, 0.2) is 28.9 Å². The quantitative estimate of drug-likeness (QED) is 0.728. The van der Waals surface area contributed by atoms with Crippen LogP contribution in [0.4, 0.5) is 4.39 Å². The van der Waals surface area contributed by atoms with Crippen LogP contribution >= 0.6 is 15.9 Å². The zero-order valence-electron chi connectivity index (χ0n) is 11.1. The molecule has 0 saturated heterocycles. The summed E-state index contributed by atoms with van der Waals surface area (Å²) in [7, 11) is 0. The molecule has 0 amide bonds. The smallest absolute Gasteiger partial charge is 0.151 e. The van der Waals surface area contributed by atoms with Crippen molar-refractivity contribution in [1.29, 1.82) is 0 Å². The van der Waals surface area contributed by atoms with Gasteiger partial charge in [0.15, 0.2) is 5.82 Å². The molecule has 0 aliphatic heterocycles. The standard InChI is InChI=1S/C15H11BrFN4/c16-14-12(10-5-11(17)7-18-6-10)3-4-13-15(14)19-20-21(13)8-9-1-2-9/h3-6,9H,1-2,8H2. The van der Waals surface area contributed by atoms with Crippen LogP contribution in [0.1, 0.15) is 12.8 Å². The van der Waals surface area contributed by atoms with Gasteiger partial charge >= 0.3 is 0 Å². The zero-order chi connectivity index (χ0) is 14.4. The molecule has 2 heterocycles. The van der Waals surface area contributed by atoms with Crippen LogP contribution in [0.5, 0.6) is 0 Å². The molecule has 2 aromatic heterocycles. The SMILES string of the molecule is Fc1[c]ncc(-c2ccc3c(nnn3CC3CC3)c2Br)c1. The van der Waals surface area contributed by atoms with Crippen molar-refractivity contribution in [3.63, 3.8) is 0 Å². The van der Waals surface area contributed by atoms with E-state index < -0.39 is 5.82 Å². The normalized spacial score (nSPS) is 14.8. The Hall–Kier alpha value is -1.82. The number of aromatic nitrogens is 4. The summed E-state index contributed by atoms with van der Waals surface area (Å²) in [4.78, 5) is 3.77. The van der Waals surface area contributed by atoms with E-state index in [1.807, 2.05) is 16.8 Å². The Morgan fingerprint density at radius 1 is 1.38 bits per heavy atom. The predicted molar refractivity (Wildman–Crippen MR) is 80.0 cm³/mol. The van der Waals surface area contributed by atoms with Gasteiger partial charge in [0.2, 0.25) is 0 Å². The van der Waals surface area contributed by atoms with Crippen molar-refractivity contribution < 1.29 is 4.39 Å². The molecule has 4 nitrogen and oxygen atoms in total. The van der Waals surface area contributed by atoms with Crippen LogP contribution in [-0.4, -0.2) is 20.0 Å². The van der Waals surface area contributed by atoms with E-state index in [-0.39, 0.29) is 0 Å². The van der Waals surface area contributed by atoms with Gasteiger partial charge < -0.3 is 0 Å². The molecule has 0 atom stereocenters. The molecule has 1 saturated carbocycles. The molecule has 6 heteroatoms. The van der Waals surface area contributed by atoms with Crippen molar-refractivity contribution in [3.8, 4) is 11.1 Å². The van der Waals surface area contributed by atoms with Gasteiger partial charge in [-0.15, -0.1) is 5.10 Å². The molecule has 1 aromatic carbocycles. The Kier molecular flexibility index (Phi) is 2.99. The molecule has 0 unspecified atom stereocenters. The Morgan fingerprint density at radius 3 is 3.00 bits per heavy atom. The number of rotatable bonds is 3. The van der Waals surface area contributed by atoms with Crippen molar-refractivity contribution >= 4 is 27.0 Å². The number of benzene rings is 1. The average molecular weight is 346 g/mol. The fourth-order valence-electron chi connectivity index (χ4n) is 2.42. The summed E-state index contributed by atoms with van der Waals surface area (Å²) in [6, 6.07) is 5.33. The van der Waals surface area contributed by atoms with Crippen LogP contribution in [-0.2, 0) is 6.54 Å². The van der Waals surface area contributed by atoms with Gasteiger partial charge in [0.1, 0.15) is 11.7 Å². The summed E-state index contributed by atoms with van der Waals surface area (Å²) in [5, 5.41) is 8.48. The molecule has 1 aliphatic rings. The van der Waals surface area contributed by atoms with Crippen LogP contribution < -0.4 is 0 Å². The van der Waals surface area contributed by atoms with Crippen molar-refractivity contribution in [2.75, 3.05) is 0 Å². The van der Waals surface area contributed by atoms with Crippen molar-refractivity contribution in [2.24, 2.45) is 5.92 Å². The molecule has 1 aliphatic carbocycles. The van der Waals surface area contributed by atoms with E-state index >= 15 is 0 Å². The topological polar surface area (TPSA) is 43.6 Å². The van der Waals surface area contributed by atoms with Gasteiger partial charge in [-0.1, -0.05) is 11.3 Å². The van der Waals surface area contributed by atoms with E-state index in [0.717, 1.165) is 33.5 Å². The first-order valence-electron chi connectivity index (χ1n) is 6.77. The highest BCUT2D eigenvalue weighted by Gasteiger charge is 2.23. The Balaban J connectivity index is 1.82.